The van der Waals surface area contributed by atoms with Crippen LogP contribution in [0.3, 0.4) is 0 Å². The summed E-state index contributed by atoms with van der Waals surface area (Å²) in [6, 6.07) is 10.3. The number of aliphatic hydroxyl groups excluding tert-OH is 1. The Bertz CT molecular complexity index is 705. The van der Waals surface area contributed by atoms with Crippen LogP contribution in [0.1, 0.15) is 25.0 Å². The van der Waals surface area contributed by atoms with E-state index in [1.165, 1.54) is 6.07 Å². The maximum atomic E-state index is 14.3. The van der Waals surface area contributed by atoms with Crippen molar-refractivity contribution in [3.8, 4) is 16.9 Å². The highest BCUT2D eigenvalue weighted by Gasteiger charge is 2.19. The highest BCUT2D eigenvalue weighted by atomic mass is 19.1. The summed E-state index contributed by atoms with van der Waals surface area (Å²) in [4.78, 5) is 0. The molecule has 0 heterocycles. The summed E-state index contributed by atoms with van der Waals surface area (Å²) in [6.07, 6.45) is 2.60. The van der Waals surface area contributed by atoms with Gasteiger partial charge in [0.2, 0.25) is 0 Å². The number of aliphatic hydroxyl groups is 1. The summed E-state index contributed by atoms with van der Waals surface area (Å²) < 4.78 is 19.6. The lowest BCUT2D eigenvalue weighted by atomic mass is 9.82. The number of ether oxygens (including phenoxy) is 1. The van der Waals surface area contributed by atoms with Gasteiger partial charge in [0.1, 0.15) is 11.6 Å². The van der Waals surface area contributed by atoms with E-state index in [1.54, 1.807) is 19.2 Å². The third kappa shape index (κ3) is 3.99. The molecule has 2 aromatic rings. The standard InChI is InChI=1S/C20H23FO2/c1-5-20(2,3)12-15-10-14(13-22)6-8-17(15)18-11-16(23-4)7-9-19(18)21/h5-11,22H,1,12-13H2,2-4H3. The Morgan fingerprint density at radius 1 is 1.17 bits per heavy atom. The second-order valence-electron chi connectivity index (χ2n) is 6.36. The van der Waals surface area contributed by atoms with E-state index in [1.807, 2.05) is 24.3 Å². The first kappa shape index (κ1) is 17.2. The summed E-state index contributed by atoms with van der Waals surface area (Å²) in [6.45, 7) is 8.00. The van der Waals surface area contributed by atoms with Gasteiger partial charge in [-0.3, -0.25) is 0 Å². The normalized spacial score (nSPS) is 11.3. The van der Waals surface area contributed by atoms with Crippen molar-refractivity contribution in [3.05, 3.63) is 66.0 Å². The van der Waals surface area contributed by atoms with E-state index in [4.69, 9.17) is 4.74 Å². The molecule has 0 aliphatic carbocycles. The van der Waals surface area contributed by atoms with Crippen LogP contribution in [0, 0.1) is 11.2 Å². The number of hydrogen-bond acceptors (Lipinski definition) is 2. The van der Waals surface area contributed by atoms with Crippen molar-refractivity contribution in [1.29, 1.82) is 0 Å². The molecule has 0 atom stereocenters. The maximum Gasteiger partial charge on any atom is 0.131 e. The molecule has 0 bridgehead atoms. The average molecular weight is 314 g/mol. The average Bonchev–Trinajstić information content (AvgIpc) is 2.55. The van der Waals surface area contributed by atoms with Crippen molar-refractivity contribution in [2.75, 3.05) is 7.11 Å². The van der Waals surface area contributed by atoms with Crippen LogP contribution >= 0.6 is 0 Å². The van der Waals surface area contributed by atoms with Crippen LogP contribution in [-0.2, 0) is 13.0 Å². The Hall–Kier alpha value is -2.13. The maximum absolute atomic E-state index is 14.3. The van der Waals surface area contributed by atoms with E-state index in [2.05, 4.69) is 20.4 Å². The minimum Gasteiger partial charge on any atom is -0.497 e. The monoisotopic (exact) mass is 314 g/mol. The fourth-order valence-corrected chi connectivity index (χ4v) is 2.56. The van der Waals surface area contributed by atoms with Crippen molar-refractivity contribution < 1.29 is 14.2 Å². The SMILES string of the molecule is C=CC(C)(C)Cc1cc(CO)ccc1-c1cc(OC)ccc1F. The quantitative estimate of drug-likeness (QED) is 0.780. The topological polar surface area (TPSA) is 29.5 Å². The highest BCUT2D eigenvalue weighted by molar-refractivity contribution is 5.70. The largest absolute Gasteiger partial charge is 0.497 e. The zero-order chi connectivity index (χ0) is 17.0. The molecule has 2 nitrogen and oxygen atoms in total. The predicted octanol–water partition coefficient (Wildman–Crippen LogP) is 4.75. The molecule has 3 heteroatoms. The van der Waals surface area contributed by atoms with Crippen molar-refractivity contribution in [1.82, 2.24) is 0 Å². The van der Waals surface area contributed by atoms with Crippen LogP contribution in [-0.4, -0.2) is 12.2 Å². The molecular formula is C20H23FO2. The van der Waals surface area contributed by atoms with Crippen LogP contribution in [0.2, 0.25) is 0 Å². The van der Waals surface area contributed by atoms with Crippen molar-refractivity contribution in [3.63, 3.8) is 0 Å². The number of hydrogen-bond donors (Lipinski definition) is 1. The van der Waals surface area contributed by atoms with Gasteiger partial charge >= 0.3 is 0 Å². The van der Waals surface area contributed by atoms with E-state index in [-0.39, 0.29) is 17.8 Å². The van der Waals surface area contributed by atoms with Gasteiger partial charge in [-0.05, 0) is 46.7 Å². The van der Waals surface area contributed by atoms with Gasteiger partial charge in [0.25, 0.3) is 0 Å². The molecule has 0 aromatic heterocycles. The molecule has 0 aliphatic heterocycles. The Labute approximate surface area is 137 Å². The minimum absolute atomic E-state index is 0.0393. The Morgan fingerprint density at radius 2 is 1.91 bits per heavy atom. The van der Waals surface area contributed by atoms with Crippen LogP contribution < -0.4 is 4.74 Å². The number of halogens is 1. The number of methoxy groups -OCH3 is 1. The van der Waals surface area contributed by atoms with E-state index < -0.39 is 0 Å². The molecule has 0 radical (unpaired) electrons. The first-order chi connectivity index (χ1) is 10.9. The molecule has 23 heavy (non-hydrogen) atoms. The first-order valence-corrected chi connectivity index (χ1v) is 7.60. The molecule has 0 unspecified atom stereocenters. The summed E-state index contributed by atoms with van der Waals surface area (Å²) in [5.41, 5.74) is 2.98. The van der Waals surface area contributed by atoms with Crippen LogP contribution in [0.5, 0.6) is 5.75 Å². The molecule has 2 rings (SSSR count). The van der Waals surface area contributed by atoms with Crippen molar-refractivity contribution >= 4 is 0 Å². The number of rotatable bonds is 6. The van der Waals surface area contributed by atoms with Gasteiger partial charge in [-0.2, -0.15) is 0 Å². The molecule has 122 valence electrons. The molecule has 0 fully saturated rings. The van der Waals surface area contributed by atoms with Crippen LogP contribution in [0.15, 0.2) is 49.1 Å². The Kier molecular flexibility index (Phi) is 5.22. The minimum atomic E-state index is -0.291. The summed E-state index contributed by atoms with van der Waals surface area (Å²) in [7, 11) is 1.56. The van der Waals surface area contributed by atoms with E-state index in [0.717, 1.165) is 16.7 Å². The van der Waals surface area contributed by atoms with Crippen molar-refractivity contribution in [2.45, 2.75) is 26.9 Å². The summed E-state index contributed by atoms with van der Waals surface area (Å²) >= 11 is 0. The van der Waals surface area contributed by atoms with Gasteiger partial charge in [-0.1, -0.05) is 38.1 Å². The molecule has 2 aromatic carbocycles. The first-order valence-electron chi connectivity index (χ1n) is 7.60. The molecule has 0 spiro atoms. The van der Waals surface area contributed by atoms with Gasteiger partial charge < -0.3 is 9.84 Å². The Morgan fingerprint density at radius 3 is 2.52 bits per heavy atom. The van der Waals surface area contributed by atoms with Crippen LogP contribution in [0.25, 0.3) is 11.1 Å². The zero-order valence-corrected chi connectivity index (χ0v) is 13.9. The fraction of sp³-hybridized carbons (Fsp3) is 0.300. The number of allylic oxidation sites excluding steroid dienone is 1. The second kappa shape index (κ2) is 6.97. The van der Waals surface area contributed by atoms with Gasteiger partial charge in [0.05, 0.1) is 13.7 Å². The third-order valence-electron chi connectivity index (χ3n) is 4.01. The lowest BCUT2D eigenvalue weighted by molar-refractivity contribution is 0.281. The molecule has 1 N–H and O–H groups in total. The van der Waals surface area contributed by atoms with Gasteiger partial charge in [0, 0.05) is 5.56 Å². The summed E-state index contributed by atoms with van der Waals surface area (Å²) in [5.74, 6) is 0.321. The predicted molar refractivity (Wildman–Crippen MR) is 92.0 cm³/mol. The molecule has 0 amide bonds. The Balaban J connectivity index is 2.59. The number of benzene rings is 2. The second-order valence-corrected chi connectivity index (χ2v) is 6.36. The molecule has 0 saturated carbocycles. The molecule has 0 aliphatic rings. The van der Waals surface area contributed by atoms with Crippen molar-refractivity contribution in [2.24, 2.45) is 5.41 Å². The van der Waals surface area contributed by atoms with E-state index in [9.17, 15) is 9.50 Å². The van der Waals surface area contributed by atoms with Crippen LogP contribution in [0.4, 0.5) is 4.39 Å². The van der Waals surface area contributed by atoms with E-state index in [0.29, 0.717) is 17.7 Å². The molecular weight excluding hydrogens is 291 g/mol. The smallest absolute Gasteiger partial charge is 0.131 e. The highest BCUT2D eigenvalue weighted by Crippen LogP contribution is 2.34. The zero-order valence-electron chi connectivity index (χ0n) is 13.9. The summed E-state index contributed by atoms with van der Waals surface area (Å²) in [5, 5.41) is 9.40. The fourth-order valence-electron chi connectivity index (χ4n) is 2.56. The third-order valence-corrected chi connectivity index (χ3v) is 4.01. The van der Waals surface area contributed by atoms with Gasteiger partial charge in [-0.25, -0.2) is 4.39 Å². The van der Waals surface area contributed by atoms with Gasteiger partial charge in [-0.15, -0.1) is 6.58 Å². The lowest BCUT2D eigenvalue weighted by Crippen LogP contribution is -2.12. The molecule has 0 saturated heterocycles. The van der Waals surface area contributed by atoms with E-state index >= 15 is 0 Å². The van der Waals surface area contributed by atoms with Gasteiger partial charge in [0.15, 0.2) is 0 Å². The lowest BCUT2D eigenvalue weighted by Gasteiger charge is -2.22.